The molecule has 0 saturated carbocycles. The van der Waals surface area contributed by atoms with Gasteiger partial charge in [-0.05, 0) is 35.1 Å². The Hall–Kier alpha value is -3.39. The summed E-state index contributed by atoms with van der Waals surface area (Å²) in [6, 6.07) is 16.3. The van der Waals surface area contributed by atoms with Crippen molar-refractivity contribution in [1.82, 2.24) is 14.8 Å². The Morgan fingerprint density at radius 2 is 1.88 bits per heavy atom. The fourth-order valence-electron chi connectivity index (χ4n) is 4.49. The predicted molar refractivity (Wildman–Crippen MR) is 126 cm³/mol. The molecule has 1 unspecified atom stereocenters. The average Bonchev–Trinajstić information content (AvgIpc) is 3.18. The molecule has 8 heteroatoms. The molecule has 0 saturated heterocycles. The molecule has 1 atom stereocenters. The largest absolute Gasteiger partial charge is 0.478 e. The summed E-state index contributed by atoms with van der Waals surface area (Å²) in [6.07, 6.45) is 1.19. The fourth-order valence-corrected chi connectivity index (χ4v) is 5.27. The number of benzene rings is 2. The van der Waals surface area contributed by atoms with E-state index < -0.39 is 12.0 Å². The lowest BCUT2D eigenvalue weighted by atomic mass is 9.73. The molecule has 2 aliphatic rings. The van der Waals surface area contributed by atoms with Gasteiger partial charge < -0.3 is 10.4 Å². The van der Waals surface area contributed by atoms with Crippen LogP contribution in [0.1, 0.15) is 54.2 Å². The third kappa shape index (κ3) is 4.18. The molecular formula is C25H24N4O3S. The molecule has 0 spiro atoms. The summed E-state index contributed by atoms with van der Waals surface area (Å²) in [5.74, 6) is 0.438. The number of nitrogens with zero attached hydrogens (tertiary/aromatic N) is 3. The predicted octanol–water partition coefficient (Wildman–Crippen LogP) is 4.93. The van der Waals surface area contributed by atoms with E-state index in [-0.39, 0.29) is 16.8 Å². The van der Waals surface area contributed by atoms with Crippen molar-refractivity contribution in [2.24, 2.45) is 5.41 Å². The number of allylic oxidation sites excluding steroid dienone is 2. The van der Waals surface area contributed by atoms with Gasteiger partial charge in [0.25, 0.3) is 0 Å². The minimum atomic E-state index is -0.983. The molecule has 168 valence electrons. The van der Waals surface area contributed by atoms with E-state index in [0.717, 1.165) is 23.4 Å². The zero-order valence-electron chi connectivity index (χ0n) is 18.4. The number of anilines is 1. The van der Waals surface area contributed by atoms with Crippen molar-refractivity contribution in [3.8, 4) is 0 Å². The number of fused-ring (bicyclic) bond motifs is 1. The minimum absolute atomic E-state index is 0.0840. The monoisotopic (exact) mass is 460 g/mol. The number of Topliss-reactive ketones (excluding diaryl/α,β-unsaturated/α-hetero) is 1. The van der Waals surface area contributed by atoms with Crippen LogP contribution in [0.5, 0.6) is 0 Å². The van der Waals surface area contributed by atoms with Crippen LogP contribution in [0.15, 0.2) is 71.0 Å². The van der Waals surface area contributed by atoms with Crippen LogP contribution in [0, 0.1) is 5.41 Å². The Labute approximate surface area is 195 Å². The maximum Gasteiger partial charge on any atom is 0.335 e. The van der Waals surface area contributed by atoms with Gasteiger partial charge in [0.1, 0.15) is 6.04 Å². The van der Waals surface area contributed by atoms with Crippen molar-refractivity contribution in [2.45, 2.75) is 43.6 Å². The van der Waals surface area contributed by atoms with E-state index >= 15 is 0 Å². The molecule has 0 fully saturated rings. The molecule has 33 heavy (non-hydrogen) atoms. The molecule has 1 aliphatic carbocycles. The lowest BCUT2D eigenvalue weighted by molar-refractivity contribution is -0.118. The third-order valence-corrected chi connectivity index (χ3v) is 6.91. The second-order valence-corrected chi connectivity index (χ2v) is 10.2. The number of aromatic nitrogens is 3. The number of hydrogen-bond donors (Lipinski definition) is 2. The van der Waals surface area contributed by atoms with Gasteiger partial charge in [-0.2, -0.15) is 4.98 Å². The van der Waals surface area contributed by atoms with E-state index in [1.54, 1.807) is 40.7 Å². The summed E-state index contributed by atoms with van der Waals surface area (Å²) in [5, 5.41) is 18.0. The summed E-state index contributed by atoms with van der Waals surface area (Å²) in [4.78, 5) is 29.3. The summed E-state index contributed by atoms with van der Waals surface area (Å²) >= 11 is 1.54. The Balaban J connectivity index is 1.54. The molecule has 2 N–H and O–H groups in total. The van der Waals surface area contributed by atoms with E-state index in [1.165, 1.54) is 5.56 Å². The highest BCUT2D eigenvalue weighted by atomic mass is 32.2. The zero-order valence-corrected chi connectivity index (χ0v) is 19.2. The van der Waals surface area contributed by atoms with Crippen LogP contribution in [0.3, 0.4) is 0 Å². The number of carboxylic acid groups (broad SMARTS) is 1. The molecule has 5 rings (SSSR count). The molecule has 1 aliphatic heterocycles. The number of rotatable bonds is 5. The van der Waals surface area contributed by atoms with Crippen molar-refractivity contribution in [3.63, 3.8) is 0 Å². The first-order valence-electron chi connectivity index (χ1n) is 10.8. The summed E-state index contributed by atoms with van der Waals surface area (Å²) < 4.78 is 1.76. The van der Waals surface area contributed by atoms with Crippen LogP contribution in [-0.4, -0.2) is 31.6 Å². The Kier molecular flexibility index (Phi) is 5.32. The van der Waals surface area contributed by atoms with Gasteiger partial charge in [0.15, 0.2) is 5.78 Å². The van der Waals surface area contributed by atoms with Crippen LogP contribution >= 0.6 is 11.8 Å². The number of nitrogens with one attached hydrogen (secondary N) is 1. The van der Waals surface area contributed by atoms with Crippen molar-refractivity contribution in [2.75, 3.05) is 5.32 Å². The number of thioether (sulfide) groups is 1. The number of hydrogen-bond acceptors (Lipinski definition) is 6. The van der Waals surface area contributed by atoms with Gasteiger partial charge in [0.05, 0.1) is 5.56 Å². The highest BCUT2D eigenvalue weighted by Crippen LogP contribution is 2.45. The van der Waals surface area contributed by atoms with Crippen molar-refractivity contribution in [3.05, 3.63) is 82.6 Å². The molecule has 0 radical (unpaired) electrons. The topological polar surface area (TPSA) is 97.1 Å². The number of aromatic carboxylic acids is 1. The van der Waals surface area contributed by atoms with Crippen LogP contribution in [0.25, 0.3) is 0 Å². The average molecular weight is 461 g/mol. The smallest absolute Gasteiger partial charge is 0.335 e. The van der Waals surface area contributed by atoms with Crippen LogP contribution in [-0.2, 0) is 10.5 Å². The molecule has 2 aromatic carbocycles. The quantitative estimate of drug-likeness (QED) is 0.521. The summed E-state index contributed by atoms with van der Waals surface area (Å²) in [7, 11) is 0. The van der Waals surface area contributed by atoms with Gasteiger partial charge in [-0.1, -0.05) is 68.1 Å². The van der Waals surface area contributed by atoms with Gasteiger partial charge in [-0.3, -0.25) is 4.79 Å². The van der Waals surface area contributed by atoms with E-state index in [2.05, 4.69) is 31.3 Å². The van der Waals surface area contributed by atoms with Crippen LogP contribution < -0.4 is 5.32 Å². The standard InChI is InChI=1S/C25H24N4O3S/c1-25(2)12-18-20(19(30)13-25)21(16-8-10-17(11-9-16)22(31)32)29-23(26-18)27-24(28-29)33-14-15-6-4-3-5-7-15/h3-11,21H,12-14H2,1-2H3,(H,31,32)(H,26,27,28). The van der Waals surface area contributed by atoms with Crippen molar-refractivity contribution < 1.29 is 14.7 Å². The maximum atomic E-state index is 13.3. The third-order valence-electron chi connectivity index (χ3n) is 6.00. The first-order valence-corrected chi connectivity index (χ1v) is 11.8. The lowest BCUT2D eigenvalue weighted by Crippen LogP contribution is -2.36. The van der Waals surface area contributed by atoms with Gasteiger partial charge in [-0.25, -0.2) is 9.48 Å². The van der Waals surface area contributed by atoms with E-state index in [9.17, 15) is 14.7 Å². The number of carbonyl (C=O) groups is 2. The Morgan fingerprint density at radius 3 is 2.58 bits per heavy atom. The normalized spacial score (nSPS) is 19.0. The van der Waals surface area contributed by atoms with Crippen LogP contribution in [0.4, 0.5) is 5.95 Å². The molecule has 7 nitrogen and oxygen atoms in total. The van der Waals surface area contributed by atoms with Gasteiger partial charge in [0, 0.05) is 23.4 Å². The molecule has 2 heterocycles. The number of ketones is 1. The number of carbonyl (C=O) groups excluding carboxylic acids is 1. The summed E-state index contributed by atoms with van der Waals surface area (Å²) in [5.41, 5.74) is 3.62. The summed E-state index contributed by atoms with van der Waals surface area (Å²) in [6.45, 7) is 4.18. The second kappa shape index (κ2) is 8.19. The Bertz CT molecular complexity index is 1260. The first kappa shape index (κ1) is 21.5. The molecular weight excluding hydrogens is 436 g/mol. The molecule has 0 amide bonds. The first-order chi connectivity index (χ1) is 15.8. The maximum absolute atomic E-state index is 13.3. The van der Waals surface area contributed by atoms with Gasteiger partial charge in [-0.15, -0.1) is 5.10 Å². The minimum Gasteiger partial charge on any atom is -0.478 e. The van der Waals surface area contributed by atoms with Crippen molar-refractivity contribution in [1.29, 1.82) is 0 Å². The zero-order chi connectivity index (χ0) is 23.2. The second-order valence-electron chi connectivity index (χ2n) is 9.22. The molecule has 3 aromatic rings. The fraction of sp³-hybridized carbons (Fsp3) is 0.280. The Morgan fingerprint density at radius 1 is 1.15 bits per heavy atom. The van der Waals surface area contributed by atoms with E-state index in [1.807, 2.05) is 18.2 Å². The molecule has 1 aromatic heterocycles. The lowest BCUT2D eigenvalue weighted by Gasteiger charge is -2.38. The molecule has 0 bridgehead atoms. The number of carboxylic acids is 1. The van der Waals surface area contributed by atoms with Crippen molar-refractivity contribution >= 4 is 29.5 Å². The van der Waals surface area contributed by atoms with E-state index in [0.29, 0.717) is 23.1 Å². The van der Waals surface area contributed by atoms with Crippen LogP contribution in [0.2, 0.25) is 0 Å². The van der Waals surface area contributed by atoms with Gasteiger partial charge >= 0.3 is 5.97 Å². The SMILES string of the molecule is CC1(C)CC(=O)C2=C(C1)Nc1nc(SCc3ccccc3)nn1C2c1ccc(C(=O)O)cc1. The highest BCUT2D eigenvalue weighted by Gasteiger charge is 2.41. The highest BCUT2D eigenvalue weighted by molar-refractivity contribution is 7.98. The van der Waals surface area contributed by atoms with Gasteiger partial charge in [0.2, 0.25) is 11.1 Å². The van der Waals surface area contributed by atoms with E-state index in [4.69, 9.17) is 10.1 Å².